The highest BCUT2D eigenvalue weighted by molar-refractivity contribution is 8.00. The fourth-order valence-electron chi connectivity index (χ4n) is 3.69. The highest BCUT2D eigenvalue weighted by Gasteiger charge is 2.29. The monoisotopic (exact) mass is 397 g/mol. The van der Waals surface area contributed by atoms with Crippen LogP contribution in [0.3, 0.4) is 0 Å². The van der Waals surface area contributed by atoms with Gasteiger partial charge in [-0.15, -0.1) is 11.3 Å². The Bertz CT molecular complexity index is 951. The second-order valence-electron chi connectivity index (χ2n) is 6.64. The van der Waals surface area contributed by atoms with Crippen molar-refractivity contribution in [2.24, 2.45) is 0 Å². The van der Waals surface area contributed by atoms with E-state index in [2.05, 4.69) is 9.97 Å². The van der Waals surface area contributed by atoms with Crippen LogP contribution in [0.15, 0.2) is 41.7 Å². The van der Waals surface area contributed by atoms with Crippen molar-refractivity contribution in [3.05, 3.63) is 52.7 Å². The van der Waals surface area contributed by atoms with Crippen molar-refractivity contribution in [2.45, 2.75) is 43.4 Å². The molecule has 2 aromatic heterocycles. The van der Waals surface area contributed by atoms with Crippen LogP contribution in [0, 0.1) is 0 Å². The number of carbonyl (C=O) groups excluding carboxylic acids is 1. The molecule has 1 aliphatic rings. The summed E-state index contributed by atoms with van der Waals surface area (Å²) in [7, 11) is 0. The summed E-state index contributed by atoms with van der Waals surface area (Å²) >= 11 is 3.36. The van der Waals surface area contributed by atoms with E-state index in [0.29, 0.717) is 13.1 Å². The number of amides is 1. The Hall–Kier alpha value is -1.92. The first-order chi connectivity index (χ1) is 13.2. The van der Waals surface area contributed by atoms with Gasteiger partial charge in [-0.3, -0.25) is 4.79 Å². The van der Waals surface area contributed by atoms with E-state index in [1.807, 2.05) is 49.1 Å². The van der Waals surface area contributed by atoms with Gasteiger partial charge in [0.25, 0.3) is 0 Å². The minimum atomic E-state index is -0.291. The van der Waals surface area contributed by atoms with E-state index in [1.54, 1.807) is 29.4 Å². The van der Waals surface area contributed by atoms with Gasteiger partial charge in [-0.1, -0.05) is 42.1 Å². The van der Waals surface area contributed by atoms with Crippen LogP contribution < -0.4 is 0 Å². The highest BCUT2D eigenvalue weighted by atomic mass is 32.2. The molecule has 4 rings (SSSR count). The van der Waals surface area contributed by atoms with Gasteiger partial charge < -0.3 is 4.90 Å². The summed E-state index contributed by atoms with van der Waals surface area (Å²) in [6.45, 7) is 5.49. The zero-order chi connectivity index (χ0) is 18.8. The summed E-state index contributed by atoms with van der Waals surface area (Å²) in [6, 6.07) is 10.1. The normalized spacial score (nSPS) is 14.3. The molecule has 1 aliphatic carbocycles. The number of thioether (sulfide) groups is 1. The summed E-state index contributed by atoms with van der Waals surface area (Å²) in [5.41, 5.74) is 2.43. The highest BCUT2D eigenvalue weighted by Crippen LogP contribution is 2.44. The molecule has 0 aliphatic heterocycles. The molecular formula is C21H23N3OS2. The summed E-state index contributed by atoms with van der Waals surface area (Å²) in [6.07, 6.45) is 5.08. The van der Waals surface area contributed by atoms with Crippen LogP contribution in [-0.2, 0) is 17.6 Å². The molecule has 3 aromatic rings. The molecule has 0 spiro atoms. The van der Waals surface area contributed by atoms with E-state index in [0.717, 1.165) is 28.3 Å². The lowest BCUT2D eigenvalue weighted by atomic mass is 10.1. The zero-order valence-corrected chi connectivity index (χ0v) is 17.3. The lowest BCUT2D eigenvalue weighted by molar-refractivity contribution is -0.130. The van der Waals surface area contributed by atoms with Gasteiger partial charge in [0, 0.05) is 23.4 Å². The van der Waals surface area contributed by atoms with Crippen molar-refractivity contribution in [3.63, 3.8) is 0 Å². The fourth-order valence-corrected chi connectivity index (χ4v) is 6.20. The second-order valence-corrected chi connectivity index (χ2v) is 8.81. The minimum absolute atomic E-state index is 0.148. The molecule has 140 valence electrons. The Balaban J connectivity index is 1.76. The predicted molar refractivity (Wildman–Crippen MR) is 112 cm³/mol. The fraction of sp³-hybridized carbons (Fsp3) is 0.381. The SMILES string of the molecule is CCN(CC)C(=O)[C@@H](Sc1ncnc2sc3c(c12)CCC3)c1ccccc1. The van der Waals surface area contributed by atoms with Crippen molar-refractivity contribution < 1.29 is 4.79 Å². The lowest BCUT2D eigenvalue weighted by Gasteiger charge is -2.25. The van der Waals surface area contributed by atoms with Gasteiger partial charge in [0.2, 0.25) is 5.91 Å². The first-order valence-corrected chi connectivity index (χ1v) is 11.2. The number of nitrogens with zero attached hydrogens (tertiary/aromatic N) is 3. The largest absolute Gasteiger partial charge is 0.342 e. The molecule has 2 heterocycles. The number of benzene rings is 1. The second kappa shape index (κ2) is 7.98. The average Bonchev–Trinajstić information content (AvgIpc) is 3.29. The van der Waals surface area contributed by atoms with Gasteiger partial charge in [0.1, 0.15) is 21.4 Å². The van der Waals surface area contributed by atoms with Gasteiger partial charge in [0.05, 0.1) is 0 Å². The first-order valence-electron chi connectivity index (χ1n) is 9.48. The number of hydrogen-bond donors (Lipinski definition) is 0. The van der Waals surface area contributed by atoms with E-state index in [1.165, 1.54) is 22.2 Å². The number of carbonyl (C=O) groups is 1. The maximum absolute atomic E-state index is 13.3. The number of fused-ring (bicyclic) bond motifs is 3. The van der Waals surface area contributed by atoms with Crippen LogP contribution in [0.1, 0.15) is 41.5 Å². The molecule has 4 nitrogen and oxygen atoms in total. The summed E-state index contributed by atoms with van der Waals surface area (Å²) in [5.74, 6) is 0.148. The third kappa shape index (κ3) is 3.48. The van der Waals surface area contributed by atoms with E-state index >= 15 is 0 Å². The van der Waals surface area contributed by atoms with Crippen molar-refractivity contribution in [1.29, 1.82) is 0 Å². The van der Waals surface area contributed by atoms with E-state index < -0.39 is 0 Å². The van der Waals surface area contributed by atoms with Crippen molar-refractivity contribution in [1.82, 2.24) is 14.9 Å². The Kier molecular flexibility index (Phi) is 5.45. The molecule has 1 atom stereocenters. The Morgan fingerprint density at radius 1 is 1.19 bits per heavy atom. The van der Waals surface area contributed by atoms with Crippen LogP contribution in [0.2, 0.25) is 0 Å². The van der Waals surface area contributed by atoms with Crippen molar-refractivity contribution in [2.75, 3.05) is 13.1 Å². The molecule has 0 saturated heterocycles. The van der Waals surface area contributed by atoms with Crippen LogP contribution in [-0.4, -0.2) is 33.9 Å². The molecule has 1 aromatic carbocycles. The minimum Gasteiger partial charge on any atom is -0.342 e. The molecular weight excluding hydrogens is 374 g/mol. The molecule has 0 N–H and O–H groups in total. The molecule has 0 bridgehead atoms. The summed E-state index contributed by atoms with van der Waals surface area (Å²) in [5, 5.41) is 1.82. The number of hydrogen-bond acceptors (Lipinski definition) is 5. The maximum atomic E-state index is 13.3. The van der Waals surface area contributed by atoms with Crippen LogP contribution in [0.25, 0.3) is 10.2 Å². The molecule has 0 fully saturated rings. The third-order valence-corrected chi connectivity index (χ3v) is 7.54. The summed E-state index contributed by atoms with van der Waals surface area (Å²) < 4.78 is 0. The summed E-state index contributed by atoms with van der Waals surface area (Å²) in [4.78, 5) is 26.8. The van der Waals surface area contributed by atoms with Gasteiger partial charge in [0.15, 0.2) is 0 Å². The topological polar surface area (TPSA) is 46.1 Å². The Morgan fingerprint density at radius 2 is 1.96 bits per heavy atom. The van der Waals surface area contributed by atoms with Crippen molar-refractivity contribution >= 4 is 39.2 Å². The van der Waals surface area contributed by atoms with Crippen LogP contribution >= 0.6 is 23.1 Å². The Labute approximate surface area is 168 Å². The van der Waals surface area contributed by atoms with Crippen LogP contribution in [0.5, 0.6) is 0 Å². The maximum Gasteiger partial charge on any atom is 0.240 e. The van der Waals surface area contributed by atoms with Gasteiger partial charge >= 0.3 is 0 Å². The van der Waals surface area contributed by atoms with Crippen LogP contribution in [0.4, 0.5) is 0 Å². The number of rotatable bonds is 6. The number of thiophene rings is 1. The van der Waals surface area contributed by atoms with E-state index in [-0.39, 0.29) is 11.2 Å². The molecule has 6 heteroatoms. The molecule has 0 radical (unpaired) electrons. The molecule has 0 unspecified atom stereocenters. The van der Waals surface area contributed by atoms with Gasteiger partial charge in [-0.2, -0.15) is 0 Å². The standard InChI is InChI=1S/C21H23N3OS2/c1-3-24(4-2)21(25)18(14-9-6-5-7-10-14)27-20-17-15-11-8-12-16(15)26-19(17)22-13-23-20/h5-7,9-10,13,18H,3-4,8,11-12H2,1-2H3/t18-/m0/s1. The van der Waals surface area contributed by atoms with Gasteiger partial charge in [-0.05, 0) is 44.2 Å². The average molecular weight is 398 g/mol. The predicted octanol–water partition coefficient (Wildman–Crippen LogP) is 4.88. The lowest BCUT2D eigenvalue weighted by Crippen LogP contribution is -2.33. The zero-order valence-electron chi connectivity index (χ0n) is 15.6. The van der Waals surface area contributed by atoms with Crippen molar-refractivity contribution in [3.8, 4) is 0 Å². The number of aryl methyl sites for hydroxylation is 2. The number of likely N-dealkylation sites (N-methyl/N-ethyl adjacent to an activating group) is 1. The van der Waals surface area contributed by atoms with E-state index in [9.17, 15) is 4.79 Å². The first kappa shape index (κ1) is 18.4. The molecule has 1 amide bonds. The molecule has 27 heavy (non-hydrogen) atoms. The Morgan fingerprint density at radius 3 is 2.70 bits per heavy atom. The number of aromatic nitrogens is 2. The molecule has 0 saturated carbocycles. The third-order valence-electron chi connectivity index (χ3n) is 5.10. The van der Waals surface area contributed by atoms with E-state index in [4.69, 9.17) is 0 Å². The van der Waals surface area contributed by atoms with Gasteiger partial charge in [-0.25, -0.2) is 9.97 Å². The quantitative estimate of drug-likeness (QED) is 0.439. The smallest absolute Gasteiger partial charge is 0.240 e.